The first-order chi connectivity index (χ1) is 14.7. The van der Waals surface area contributed by atoms with Crippen LogP contribution >= 0.6 is 0 Å². The quantitative estimate of drug-likeness (QED) is 0.437. The summed E-state index contributed by atoms with van der Waals surface area (Å²) in [4.78, 5) is 25.0. The Kier molecular flexibility index (Phi) is 8.62. The molecule has 0 aliphatic rings. The van der Waals surface area contributed by atoms with E-state index in [1.165, 1.54) is 0 Å². The highest BCUT2D eigenvalue weighted by Crippen LogP contribution is 2.24. The predicted octanol–water partition coefficient (Wildman–Crippen LogP) is 4.14. The van der Waals surface area contributed by atoms with Gasteiger partial charge in [0.1, 0.15) is 6.04 Å². The number of amides is 1. The molecular formula is C23H30N2O5S. The highest BCUT2D eigenvalue weighted by molar-refractivity contribution is 7.92. The van der Waals surface area contributed by atoms with E-state index < -0.39 is 27.9 Å². The third-order valence-corrected chi connectivity index (χ3v) is 5.92. The Morgan fingerprint density at radius 3 is 2.16 bits per heavy atom. The largest absolute Gasteiger partial charge is 0.462 e. The third-order valence-electron chi connectivity index (χ3n) is 4.74. The molecule has 0 radical (unpaired) electrons. The molecule has 8 heteroatoms. The van der Waals surface area contributed by atoms with Gasteiger partial charge in [0.15, 0.2) is 0 Å². The molecule has 1 N–H and O–H groups in total. The van der Waals surface area contributed by atoms with Gasteiger partial charge in [0.2, 0.25) is 15.9 Å². The minimum Gasteiger partial charge on any atom is -0.462 e. The molecule has 0 spiro atoms. The lowest BCUT2D eigenvalue weighted by atomic mass is 10.1. The lowest BCUT2D eigenvalue weighted by Gasteiger charge is -2.30. The van der Waals surface area contributed by atoms with Crippen molar-refractivity contribution in [2.24, 2.45) is 0 Å². The van der Waals surface area contributed by atoms with Gasteiger partial charge in [0.25, 0.3) is 0 Å². The molecule has 31 heavy (non-hydrogen) atoms. The van der Waals surface area contributed by atoms with E-state index in [0.29, 0.717) is 23.5 Å². The van der Waals surface area contributed by atoms with Crippen molar-refractivity contribution in [3.05, 3.63) is 59.7 Å². The van der Waals surface area contributed by atoms with E-state index in [1.807, 2.05) is 13.8 Å². The Morgan fingerprint density at radius 2 is 1.65 bits per heavy atom. The number of rotatable bonds is 10. The smallest absolute Gasteiger partial charge is 0.338 e. The SMILES string of the molecule is CCCCOC(=O)c1ccc(NC(=O)C(CC)N(c2ccc(C)cc2)S(C)(=O)=O)cc1. The summed E-state index contributed by atoms with van der Waals surface area (Å²) in [5.74, 6) is -0.868. The summed E-state index contributed by atoms with van der Waals surface area (Å²) in [6.07, 6.45) is 3.11. The fourth-order valence-corrected chi connectivity index (χ4v) is 4.27. The second kappa shape index (κ2) is 10.9. The molecule has 0 fully saturated rings. The van der Waals surface area contributed by atoms with Crippen LogP contribution in [-0.4, -0.2) is 39.2 Å². The lowest BCUT2D eigenvalue weighted by molar-refractivity contribution is -0.117. The number of aryl methyl sites for hydroxylation is 1. The van der Waals surface area contributed by atoms with Gasteiger partial charge in [-0.05, 0) is 56.2 Å². The van der Waals surface area contributed by atoms with E-state index in [4.69, 9.17) is 4.74 Å². The summed E-state index contributed by atoms with van der Waals surface area (Å²) in [5, 5.41) is 2.75. The molecule has 7 nitrogen and oxygen atoms in total. The summed E-state index contributed by atoms with van der Waals surface area (Å²) in [5.41, 5.74) is 2.27. The van der Waals surface area contributed by atoms with Crippen LogP contribution in [0.3, 0.4) is 0 Å². The Hall–Kier alpha value is -2.87. The highest BCUT2D eigenvalue weighted by atomic mass is 32.2. The van der Waals surface area contributed by atoms with Crippen LogP contribution in [0.5, 0.6) is 0 Å². The van der Waals surface area contributed by atoms with Crippen LogP contribution in [0, 0.1) is 6.92 Å². The minimum atomic E-state index is -3.70. The van der Waals surface area contributed by atoms with E-state index in [2.05, 4.69) is 5.32 Å². The van der Waals surface area contributed by atoms with Gasteiger partial charge in [0.05, 0.1) is 24.1 Å². The van der Waals surface area contributed by atoms with Crippen molar-refractivity contribution in [1.82, 2.24) is 0 Å². The molecule has 0 aromatic heterocycles. The number of hydrogen-bond donors (Lipinski definition) is 1. The zero-order valence-electron chi connectivity index (χ0n) is 18.4. The first-order valence-electron chi connectivity index (χ1n) is 10.3. The van der Waals surface area contributed by atoms with Crippen LogP contribution in [0.2, 0.25) is 0 Å². The van der Waals surface area contributed by atoms with Crippen LogP contribution in [0.25, 0.3) is 0 Å². The molecular weight excluding hydrogens is 416 g/mol. The van der Waals surface area contributed by atoms with Gasteiger partial charge in [-0.25, -0.2) is 13.2 Å². The highest BCUT2D eigenvalue weighted by Gasteiger charge is 2.31. The summed E-state index contributed by atoms with van der Waals surface area (Å²) in [6.45, 7) is 6.04. The van der Waals surface area contributed by atoms with Crippen LogP contribution < -0.4 is 9.62 Å². The van der Waals surface area contributed by atoms with Crippen LogP contribution in [0.4, 0.5) is 11.4 Å². The van der Waals surface area contributed by atoms with Gasteiger partial charge in [-0.15, -0.1) is 0 Å². The number of hydrogen-bond acceptors (Lipinski definition) is 5. The average molecular weight is 447 g/mol. The van der Waals surface area contributed by atoms with Gasteiger partial charge in [-0.2, -0.15) is 0 Å². The minimum absolute atomic E-state index is 0.286. The number of carbonyl (C=O) groups excluding carboxylic acids is 2. The molecule has 1 unspecified atom stereocenters. The number of ether oxygens (including phenoxy) is 1. The molecule has 1 atom stereocenters. The molecule has 1 amide bonds. The molecule has 2 aromatic carbocycles. The topological polar surface area (TPSA) is 92.8 Å². The monoisotopic (exact) mass is 446 g/mol. The lowest BCUT2D eigenvalue weighted by Crippen LogP contribution is -2.47. The Balaban J connectivity index is 2.17. The second-order valence-electron chi connectivity index (χ2n) is 7.37. The molecule has 0 saturated carbocycles. The number of unbranched alkanes of at least 4 members (excludes halogenated alkanes) is 1. The van der Waals surface area contributed by atoms with Crippen molar-refractivity contribution in [3.8, 4) is 0 Å². The van der Waals surface area contributed by atoms with Crippen molar-refractivity contribution in [2.75, 3.05) is 22.5 Å². The van der Waals surface area contributed by atoms with Crippen molar-refractivity contribution in [1.29, 1.82) is 0 Å². The molecule has 2 rings (SSSR count). The van der Waals surface area contributed by atoms with E-state index in [9.17, 15) is 18.0 Å². The first-order valence-corrected chi connectivity index (χ1v) is 12.2. The third kappa shape index (κ3) is 6.82. The molecule has 0 saturated heterocycles. The Labute approximate surface area is 184 Å². The van der Waals surface area contributed by atoms with Crippen LogP contribution in [-0.2, 0) is 19.6 Å². The standard InChI is InChI=1S/C23H30N2O5S/c1-5-7-16-30-23(27)18-10-12-19(13-11-18)24-22(26)21(6-2)25(31(4,28)29)20-14-8-17(3)9-15-20/h8-15,21H,5-7,16H2,1-4H3,(H,24,26). The molecule has 0 bridgehead atoms. The van der Waals surface area contributed by atoms with Crippen molar-refractivity contribution in [2.45, 2.75) is 46.1 Å². The van der Waals surface area contributed by atoms with E-state index in [0.717, 1.165) is 29.0 Å². The fourth-order valence-electron chi connectivity index (χ4n) is 3.06. The molecule has 0 aliphatic carbocycles. The Morgan fingerprint density at radius 1 is 1.03 bits per heavy atom. The maximum absolute atomic E-state index is 13.0. The zero-order valence-corrected chi connectivity index (χ0v) is 19.2. The van der Waals surface area contributed by atoms with Crippen molar-refractivity contribution >= 4 is 33.3 Å². The summed E-state index contributed by atoms with van der Waals surface area (Å²) in [6, 6.07) is 12.4. The van der Waals surface area contributed by atoms with Crippen molar-refractivity contribution < 1.29 is 22.7 Å². The summed E-state index contributed by atoms with van der Waals surface area (Å²) < 4.78 is 31.3. The summed E-state index contributed by atoms with van der Waals surface area (Å²) >= 11 is 0. The average Bonchev–Trinajstić information content (AvgIpc) is 2.72. The van der Waals surface area contributed by atoms with Crippen LogP contribution in [0.15, 0.2) is 48.5 Å². The van der Waals surface area contributed by atoms with Crippen LogP contribution in [0.1, 0.15) is 49.0 Å². The normalized spacial score (nSPS) is 12.1. The van der Waals surface area contributed by atoms with E-state index >= 15 is 0 Å². The van der Waals surface area contributed by atoms with Crippen molar-refractivity contribution in [3.63, 3.8) is 0 Å². The fraction of sp³-hybridized carbons (Fsp3) is 0.391. The number of sulfonamides is 1. The maximum atomic E-state index is 13.0. The number of nitrogens with one attached hydrogen (secondary N) is 1. The van der Waals surface area contributed by atoms with E-state index in [1.54, 1.807) is 55.5 Å². The van der Waals surface area contributed by atoms with Gasteiger partial charge in [0, 0.05) is 5.69 Å². The maximum Gasteiger partial charge on any atom is 0.338 e. The number of anilines is 2. The predicted molar refractivity (Wildman–Crippen MR) is 123 cm³/mol. The van der Waals surface area contributed by atoms with Gasteiger partial charge >= 0.3 is 5.97 Å². The number of esters is 1. The molecule has 168 valence electrons. The van der Waals surface area contributed by atoms with E-state index in [-0.39, 0.29) is 6.42 Å². The Bertz CT molecular complexity index is 986. The number of carbonyl (C=O) groups is 2. The second-order valence-corrected chi connectivity index (χ2v) is 9.23. The number of nitrogens with zero attached hydrogens (tertiary/aromatic N) is 1. The molecule has 2 aromatic rings. The summed E-state index contributed by atoms with van der Waals surface area (Å²) in [7, 11) is -3.70. The van der Waals surface area contributed by atoms with Gasteiger partial charge < -0.3 is 10.1 Å². The first kappa shape index (κ1) is 24.4. The van der Waals surface area contributed by atoms with Gasteiger partial charge in [-0.3, -0.25) is 9.10 Å². The number of benzene rings is 2. The van der Waals surface area contributed by atoms with Gasteiger partial charge in [-0.1, -0.05) is 38.0 Å². The molecule has 0 heterocycles. The zero-order chi connectivity index (χ0) is 23.0. The molecule has 0 aliphatic heterocycles.